The summed E-state index contributed by atoms with van der Waals surface area (Å²) in [6, 6.07) is 5.22. The molecule has 0 heterocycles. The van der Waals surface area contributed by atoms with Crippen molar-refractivity contribution in [3.05, 3.63) is 35.4 Å². The third-order valence-electron chi connectivity index (χ3n) is 5.28. The topological polar surface area (TPSA) is 108 Å². The lowest BCUT2D eigenvalue weighted by molar-refractivity contribution is -0.148. The van der Waals surface area contributed by atoms with Crippen LogP contribution in [0.1, 0.15) is 78.0 Å². The van der Waals surface area contributed by atoms with Crippen LogP contribution < -0.4 is 10.6 Å². The van der Waals surface area contributed by atoms with Gasteiger partial charge in [0.15, 0.2) is 0 Å². The zero-order valence-electron chi connectivity index (χ0n) is 20.9. The van der Waals surface area contributed by atoms with E-state index in [-0.39, 0.29) is 11.9 Å². The van der Waals surface area contributed by atoms with Crippen molar-refractivity contribution in [1.82, 2.24) is 15.5 Å². The van der Waals surface area contributed by atoms with Crippen LogP contribution in [0, 0.1) is 6.92 Å². The molecule has 2 atom stereocenters. The van der Waals surface area contributed by atoms with Gasteiger partial charge in [0.25, 0.3) is 0 Å². The molecule has 2 rings (SSSR count). The number of nitrogens with one attached hydrogen (secondary N) is 2. The molecule has 0 saturated heterocycles. The van der Waals surface area contributed by atoms with Gasteiger partial charge in [-0.15, -0.1) is 0 Å². The van der Waals surface area contributed by atoms with Crippen LogP contribution in [0.15, 0.2) is 24.3 Å². The highest BCUT2D eigenvalue weighted by molar-refractivity contribution is 5.92. The van der Waals surface area contributed by atoms with Crippen LogP contribution in [-0.4, -0.2) is 57.7 Å². The Kier molecular flexibility index (Phi) is 8.52. The molecule has 3 amide bonds. The normalized spacial score (nSPS) is 16.2. The van der Waals surface area contributed by atoms with Gasteiger partial charge in [-0.3, -0.25) is 9.59 Å². The van der Waals surface area contributed by atoms with Gasteiger partial charge in [0.05, 0.1) is 6.61 Å². The minimum Gasteiger partial charge on any atom is -0.444 e. The molecule has 0 aliphatic heterocycles. The zero-order valence-corrected chi connectivity index (χ0v) is 20.9. The highest BCUT2D eigenvalue weighted by Crippen LogP contribution is 2.34. The molecule has 8 heteroatoms. The fraction of sp³-hybridized carbons (Fsp3) is 0.640. The first-order chi connectivity index (χ1) is 15.2. The number of carbonyl (C=O) groups is 3. The lowest BCUT2D eigenvalue weighted by Gasteiger charge is -2.44. The maximum absolute atomic E-state index is 13.7. The van der Waals surface area contributed by atoms with Gasteiger partial charge in [0.1, 0.15) is 17.7 Å². The van der Waals surface area contributed by atoms with E-state index in [4.69, 9.17) is 4.74 Å². The molecule has 3 N–H and O–H groups in total. The first kappa shape index (κ1) is 26.6. The Morgan fingerprint density at radius 1 is 1.15 bits per heavy atom. The van der Waals surface area contributed by atoms with Gasteiger partial charge in [-0.05, 0) is 73.3 Å². The van der Waals surface area contributed by atoms with Crippen LogP contribution in [0.25, 0.3) is 0 Å². The Labute approximate surface area is 197 Å². The summed E-state index contributed by atoms with van der Waals surface area (Å²) in [6.07, 6.45) is 1.65. The number of rotatable bonds is 7. The van der Waals surface area contributed by atoms with Crippen molar-refractivity contribution in [2.24, 2.45) is 0 Å². The van der Waals surface area contributed by atoms with Gasteiger partial charge in [0.2, 0.25) is 11.8 Å². The largest absolute Gasteiger partial charge is 0.444 e. The molecule has 184 valence electrons. The molecule has 1 fully saturated rings. The Morgan fingerprint density at radius 2 is 1.79 bits per heavy atom. The molecule has 1 aliphatic rings. The number of aliphatic hydroxyl groups excluding tert-OH is 1. The number of aliphatic hydroxyl groups is 1. The average Bonchev–Trinajstić information content (AvgIpc) is 2.60. The first-order valence-electron chi connectivity index (χ1n) is 11.5. The Bertz CT molecular complexity index is 852. The molecule has 0 bridgehead atoms. The fourth-order valence-electron chi connectivity index (χ4n) is 3.71. The van der Waals surface area contributed by atoms with Crippen LogP contribution in [0.3, 0.4) is 0 Å². The van der Waals surface area contributed by atoms with E-state index in [1.54, 1.807) is 20.8 Å². The molecule has 1 aromatic carbocycles. The number of carbonyl (C=O) groups excluding carboxylic acids is 3. The minimum absolute atomic E-state index is 0.164. The molecule has 8 nitrogen and oxygen atoms in total. The lowest BCUT2D eigenvalue weighted by Crippen LogP contribution is -2.59. The summed E-state index contributed by atoms with van der Waals surface area (Å²) < 4.78 is 5.26. The van der Waals surface area contributed by atoms with E-state index in [9.17, 15) is 19.5 Å². The standard InChI is InChI=1S/C25H39N3O5/c1-16-10-8-11-17(14-16)20(21(30)27-24(2,3)4)28(18-12-9-13-18)22(31)19(15-29)26-23(32)33-25(5,6)7/h8,10-11,14,18-20,29H,9,12-13,15H2,1-7H3,(H,26,32)(H,27,30). The van der Waals surface area contributed by atoms with Crippen LogP contribution in [0.4, 0.5) is 4.79 Å². The molecule has 0 radical (unpaired) electrons. The number of hydrogen-bond acceptors (Lipinski definition) is 5. The average molecular weight is 462 g/mol. The summed E-state index contributed by atoms with van der Waals surface area (Å²) in [6.45, 7) is 12.1. The third-order valence-corrected chi connectivity index (χ3v) is 5.28. The Morgan fingerprint density at radius 3 is 2.24 bits per heavy atom. The SMILES string of the molecule is Cc1cccc(C(C(=O)NC(C)(C)C)N(C(=O)C(CO)NC(=O)OC(C)(C)C)C2CCC2)c1. The molecular weight excluding hydrogens is 422 g/mol. The second-order valence-corrected chi connectivity index (χ2v) is 10.8. The van der Waals surface area contributed by atoms with Gasteiger partial charge in [-0.25, -0.2) is 4.79 Å². The molecule has 1 aromatic rings. The molecule has 2 unspecified atom stereocenters. The van der Waals surface area contributed by atoms with Crippen molar-refractivity contribution in [3.8, 4) is 0 Å². The highest BCUT2D eigenvalue weighted by Gasteiger charge is 2.42. The predicted molar refractivity (Wildman–Crippen MR) is 127 cm³/mol. The maximum Gasteiger partial charge on any atom is 0.408 e. The monoisotopic (exact) mass is 461 g/mol. The van der Waals surface area contributed by atoms with Gasteiger partial charge in [-0.1, -0.05) is 29.8 Å². The van der Waals surface area contributed by atoms with E-state index < -0.39 is 41.8 Å². The number of aryl methyl sites for hydroxylation is 1. The predicted octanol–water partition coefficient (Wildman–Crippen LogP) is 3.22. The number of amides is 3. The quantitative estimate of drug-likeness (QED) is 0.578. The summed E-state index contributed by atoms with van der Waals surface area (Å²) in [5.74, 6) is -0.814. The summed E-state index contributed by atoms with van der Waals surface area (Å²) >= 11 is 0. The summed E-state index contributed by atoms with van der Waals surface area (Å²) in [4.78, 5) is 41.1. The van der Waals surface area contributed by atoms with Crippen LogP contribution in [0.5, 0.6) is 0 Å². The van der Waals surface area contributed by atoms with Gasteiger partial charge < -0.3 is 25.4 Å². The Hall–Kier alpha value is -2.61. The molecule has 1 saturated carbocycles. The zero-order chi connectivity index (χ0) is 25.0. The number of hydrogen-bond donors (Lipinski definition) is 3. The van der Waals surface area contributed by atoms with E-state index in [1.807, 2.05) is 52.0 Å². The Balaban J connectivity index is 2.44. The van der Waals surface area contributed by atoms with E-state index in [0.29, 0.717) is 5.56 Å². The molecule has 0 aromatic heterocycles. The van der Waals surface area contributed by atoms with Crippen molar-refractivity contribution in [2.75, 3.05) is 6.61 Å². The number of alkyl carbamates (subject to hydrolysis) is 1. The van der Waals surface area contributed by atoms with Crippen molar-refractivity contribution >= 4 is 17.9 Å². The summed E-state index contributed by atoms with van der Waals surface area (Å²) in [5.41, 5.74) is 0.398. The number of ether oxygens (including phenoxy) is 1. The van der Waals surface area contributed by atoms with Crippen molar-refractivity contribution in [3.63, 3.8) is 0 Å². The summed E-state index contributed by atoms with van der Waals surface area (Å²) in [5, 5.41) is 15.4. The molecule has 0 spiro atoms. The van der Waals surface area contributed by atoms with Crippen molar-refractivity contribution < 1.29 is 24.2 Å². The fourth-order valence-corrected chi connectivity index (χ4v) is 3.71. The molecule has 33 heavy (non-hydrogen) atoms. The van der Waals surface area contributed by atoms with Crippen LogP contribution in [0.2, 0.25) is 0 Å². The maximum atomic E-state index is 13.7. The third kappa shape index (κ3) is 7.74. The second-order valence-electron chi connectivity index (χ2n) is 10.8. The number of nitrogens with zero attached hydrogens (tertiary/aromatic N) is 1. The minimum atomic E-state index is -1.23. The highest BCUT2D eigenvalue weighted by atomic mass is 16.6. The van der Waals surface area contributed by atoms with E-state index >= 15 is 0 Å². The van der Waals surface area contributed by atoms with Crippen LogP contribution >= 0.6 is 0 Å². The van der Waals surface area contributed by atoms with Gasteiger partial charge in [0, 0.05) is 11.6 Å². The van der Waals surface area contributed by atoms with E-state index in [0.717, 1.165) is 24.8 Å². The summed E-state index contributed by atoms with van der Waals surface area (Å²) in [7, 11) is 0. The van der Waals surface area contributed by atoms with Crippen molar-refractivity contribution in [2.45, 2.75) is 97.0 Å². The second kappa shape index (κ2) is 10.5. The number of benzene rings is 1. The first-order valence-corrected chi connectivity index (χ1v) is 11.5. The van der Waals surface area contributed by atoms with E-state index in [1.165, 1.54) is 4.90 Å². The lowest BCUT2D eigenvalue weighted by atomic mass is 9.87. The van der Waals surface area contributed by atoms with Crippen LogP contribution in [-0.2, 0) is 14.3 Å². The van der Waals surface area contributed by atoms with E-state index in [2.05, 4.69) is 10.6 Å². The van der Waals surface area contributed by atoms with Crippen molar-refractivity contribution in [1.29, 1.82) is 0 Å². The van der Waals surface area contributed by atoms with Gasteiger partial charge in [-0.2, -0.15) is 0 Å². The van der Waals surface area contributed by atoms with Gasteiger partial charge >= 0.3 is 6.09 Å². The molecular formula is C25H39N3O5. The molecule has 1 aliphatic carbocycles. The smallest absolute Gasteiger partial charge is 0.408 e.